The van der Waals surface area contributed by atoms with Crippen molar-refractivity contribution < 1.29 is 49.3 Å². The zero-order valence-corrected chi connectivity index (χ0v) is 62.8. The summed E-state index contributed by atoms with van der Waals surface area (Å²) in [4.78, 5) is 9.71. The van der Waals surface area contributed by atoms with Crippen LogP contribution in [0.1, 0.15) is 0 Å². The van der Waals surface area contributed by atoms with Crippen molar-refractivity contribution in [3.8, 4) is 34.5 Å². The molecule has 0 bridgehead atoms. The Morgan fingerprint density at radius 3 is 1.14 bits per heavy atom. The van der Waals surface area contributed by atoms with Crippen LogP contribution >= 0.6 is 34.4 Å². The Morgan fingerprint density at radius 2 is 0.655 bits per heavy atom. The molecule has 0 saturated heterocycles. The highest BCUT2D eigenvalue weighted by molar-refractivity contribution is 8.00. The van der Waals surface area contributed by atoms with Gasteiger partial charge in [0.25, 0.3) is 20.1 Å². The summed E-state index contributed by atoms with van der Waals surface area (Å²) in [5.74, 6) is -4.96. The van der Waals surface area contributed by atoms with Crippen molar-refractivity contribution in [2.75, 3.05) is 24.5 Å². The molecule has 15 aromatic carbocycles. The zero-order chi connectivity index (χ0) is 77.6. The average Bonchev–Trinajstić information content (AvgIpc) is 1.08. The summed E-state index contributed by atoms with van der Waals surface area (Å²) in [7, 11) is 0. The van der Waals surface area contributed by atoms with E-state index in [1.165, 1.54) is 111 Å². The lowest BCUT2D eigenvalue weighted by Crippen LogP contribution is -2.64. The third-order valence-corrected chi connectivity index (χ3v) is 26.5. The standard InChI is InChI=1S/C94H50B3F8N5O3S3/c98-64-31-17-32-65(99)87(64)107(53-25-9-3-10-26-53)55-41-74-84-78(43-55)113-91-58-29-13-15-39-81(58)115-93(91)96(84)60-47-62-76(49-72(60)109(74)89-68(102)35-19-36-69(89)103)111-79-44-57(106(51-21-5-1-6-22-51)52-23-7-2-8-24-52)45-80-86(79)95(62)63-48-61-73(50-77(63)112-80)110(90-70(104)37-20-38-71(90)105)75-42-56(108(54-27-11-4-12-28-54)88-66(100)33-18-34-67(88)101)46-83-85(75)97(61)94-92(114-83)59-30-14-16-40-82(59)116-94/h1-50H. The third-order valence-electron chi connectivity index (χ3n) is 22.7. The first-order chi connectivity index (χ1) is 56.8. The van der Waals surface area contributed by atoms with E-state index in [-0.39, 0.29) is 28.6 Å². The summed E-state index contributed by atoms with van der Waals surface area (Å²) in [6.45, 7) is -2.27. The second kappa shape index (κ2) is 26.1. The summed E-state index contributed by atoms with van der Waals surface area (Å²) in [6.07, 6.45) is 0. The molecule has 8 heterocycles. The summed E-state index contributed by atoms with van der Waals surface area (Å²) in [6, 6.07) is 86.7. The number of para-hydroxylation sites is 8. The van der Waals surface area contributed by atoms with Crippen LogP contribution in [0, 0.1) is 46.5 Å². The molecule has 0 N–H and O–H groups in total. The highest BCUT2D eigenvalue weighted by Crippen LogP contribution is 2.55. The highest BCUT2D eigenvalue weighted by atomic mass is 32.2. The lowest BCUT2D eigenvalue weighted by Gasteiger charge is -2.43. The van der Waals surface area contributed by atoms with E-state index in [9.17, 15) is 0 Å². The Bertz CT molecular complexity index is 6580. The summed E-state index contributed by atoms with van der Waals surface area (Å²) >= 11 is 4.60. The Balaban J connectivity index is 0.814. The first-order valence-electron chi connectivity index (χ1n) is 37.5. The monoisotopic (exact) mass is 1580 g/mol. The number of thiophene rings is 2. The van der Waals surface area contributed by atoms with Crippen molar-refractivity contribution in [2.45, 2.75) is 9.79 Å². The number of fused-ring (bicyclic) bond motifs is 16. The number of nitrogens with zero attached hydrogens (tertiary/aromatic N) is 5. The van der Waals surface area contributed by atoms with Crippen molar-refractivity contribution in [2.24, 2.45) is 0 Å². The minimum atomic E-state index is -0.920. The average molecular weight is 1580 g/mol. The van der Waals surface area contributed by atoms with Crippen LogP contribution in [0.5, 0.6) is 34.5 Å². The lowest BCUT2D eigenvalue weighted by atomic mass is 9.31. The molecule has 22 heteroatoms. The van der Waals surface area contributed by atoms with Crippen molar-refractivity contribution in [1.82, 2.24) is 0 Å². The highest BCUT2D eigenvalue weighted by Gasteiger charge is 2.52. The molecule has 0 fully saturated rings. The molecule has 0 amide bonds. The molecule has 17 aromatic rings. The number of benzene rings is 15. The summed E-state index contributed by atoms with van der Waals surface area (Å²) < 4.78 is 164. The fourth-order valence-corrected chi connectivity index (χ4v) is 22.1. The molecule has 6 aliphatic heterocycles. The van der Waals surface area contributed by atoms with E-state index in [4.69, 9.17) is 14.2 Å². The number of rotatable bonds is 11. The molecule has 2 aromatic heterocycles. The van der Waals surface area contributed by atoms with Gasteiger partial charge in [0.1, 0.15) is 104 Å². The molecule has 0 unspecified atom stereocenters. The van der Waals surface area contributed by atoms with E-state index < -0.39 is 83.7 Å². The van der Waals surface area contributed by atoms with Gasteiger partial charge in [-0.2, -0.15) is 0 Å². The van der Waals surface area contributed by atoms with Crippen molar-refractivity contribution in [3.63, 3.8) is 0 Å². The molecule has 0 saturated carbocycles. The molecule has 6 aliphatic rings. The van der Waals surface area contributed by atoms with Crippen molar-refractivity contribution >= 4 is 208 Å². The van der Waals surface area contributed by atoms with Gasteiger partial charge in [0.2, 0.25) is 0 Å². The SMILES string of the molecule is Fc1cccc(F)c1N(c1ccccc1)c1cc2c3c(c1)N(c1c(F)cccc1F)c1cc4c(cc1B3c1sc3ccccc3c1O2)B1c2cc3c(cc2Oc2cc(N(c5ccccc5)c5ccccc5)cc(c21)O4)N(c1c(F)cccc1F)c1cc(N(c2ccccc2)c2c(F)cccc2F)cc2c1B3c1sc3ccccc3c1S2. The molecular weight excluding hydrogens is 1530 g/mol. The van der Waals surface area contributed by atoms with Gasteiger partial charge in [-0.25, -0.2) is 35.1 Å². The number of hydrogen-bond acceptors (Lipinski definition) is 11. The fraction of sp³-hybridized carbons (Fsp3) is 0. The molecular formula is C94H50B3F8N5O3S3. The molecule has 8 nitrogen and oxygen atoms in total. The van der Waals surface area contributed by atoms with Crippen LogP contribution in [0.2, 0.25) is 0 Å². The van der Waals surface area contributed by atoms with Gasteiger partial charge in [0.05, 0.1) is 11.4 Å². The van der Waals surface area contributed by atoms with Gasteiger partial charge < -0.3 is 38.7 Å². The second-order valence-corrected chi connectivity index (χ2v) is 32.3. The van der Waals surface area contributed by atoms with Crippen LogP contribution < -0.4 is 86.5 Å². The van der Waals surface area contributed by atoms with Crippen molar-refractivity contribution in [1.29, 1.82) is 0 Å². The van der Waals surface area contributed by atoms with Gasteiger partial charge in [-0.05, 0) is 171 Å². The first-order valence-corrected chi connectivity index (χ1v) is 39.9. The van der Waals surface area contributed by atoms with E-state index >= 15 is 35.1 Å². The second-order valence-electron chi connectivity index (χ2n) is 29.1. The number of anilines is 15. The van der Waals surface area contributed by atoms with Crippen LogP contribution in [0.15, 0.2) is 313 Å². The maximum Gasteiger partial charge on any atom is 0.268 e. The largest absolute Gasteiger partial charge is 0.458 e. The van der Waals surface area contributed by atoms with Gasteiger partial charge in [0.15, 0.2) is 0 Å². The van der Waals surface area contributed by atoms with Gasteiger partial charge in [-0.15, -0.1) is 22.7 Å². The minimum Gasteiger partial charge on any atom is -0.458 e. The number of hydrogen-bond donors (Lipinski definition) is 0. The quantitative estimate of drug-likeness (QED) is 0.0931. The summed E-state index contributed by atoms with van der Waals surface area (Å²) in [5.41, 5.74) is 7.35. The Kier molecular flexibility index (Phi) is 15.3. The van der Waals surface area contributed by atoms with Gasteiger partial charge in [0, 0.05) is 122 Å². The number of ether oxygens (including phenoxy) is 3. The molecule has 0 atom stereocenters. The normalized spacial score (nSPS) is 13.3. The molecule has 0 radical (unpaired) electrons. The first kappa shape index (κ1) is 68.2. The van der Waals surface area contributed by atoms with Crippen LogP contribution in [0.25, 0.3) is 20.2 Å². The predicted molar refractivity (Wildman–Crippen MR) is 454 cm³/mol. The topological polar surface area (TPSA) is 43.9 Å². The maximum atomic E-state index is 17.8. The van der Waals surface area contributed by atoms with E-state index in [1.807, 2.05) is 127 Å². The van der Waals surface area contributed by atoms with Gasteiger partial charge >= 0.3 is 0 Å². The third kappa shape index (κ3) is 10.2. The molecule has 23 rings (SSSR count). The van der Waals surface area contributed by atoms with Crippen molar-refractivity contribution in [3.05, 3.63) is 350 Å². The van der Waals surface area contributed by atoms with E-state index in [1.54, 1.807) is 95.1 Å². The Morgan fingerprint density at radius 1 is 0.276 bits per heavy atom. The van der Waals surface area contributed by atoms with Crippen LogP contribution in [0.4, 0.5) is 120 Å². The maximum absolute atomic E-state index is 17.8. The van der Waals surface area contributed by atoms with Crippen LogP contribution in [-0.2, 0) is 0 Å². The molecule has 116 heavy (non-hydrogen) atoms. The lowest BCUT2D eigenvalue weighted by molar-refractivity contribution is 0.465. The van der Waals surface area contributed by atoms with Crippen LogP contribution in [0.3, 0.4) is 0 Å². The van der Waals surface area contributed by atoms with E-state index in [2.05, 4.69) is 29.2 Å². The molecule has 552 valence electrons. The smallest absolute Gasteiger partial charge is 0.268 e. The Hall–Kier alpha value is -13.4. The molecule has 0 aliphatic carbocycles. The van der Waals surface area contributed by atoms with Gasteiger partial charge in [-0.3, -0.25) is 0 Å². The zero-order valence-electron chi connectivity index (χ0n) is 60.3. The van der Waals surface area contributed by atoms with E-state index in [0.29, 0.717) is 106 Å². The van der Waals surface area contributed by atoms with Crippen LogP contribution in [-0.4, -0.2) is 20.1 Å². The van der Waals surface area contributed by atoms with E-state index in [0.717, 1.165) is 46.0 Å². The number of halogens is 8. The fourth-order valence-electron chi connectivity index (χ4n) is 18.0. The Labute approximate surface area is 671 Å². The van der Waals surface area contributed by atoms with Gasteiger partial charge in [-0.1, -0.05) is 151 Å². The predicted octanol–water partition coefficient (Wildman–Crippen LogP) is 21.5. The minimum absolute atomic E-state index is 0.200. The summed E-state index contributed by atoms with van der Waals surface area (Å²) in [5, 5.41) is 1.75. The molecule has 0 spiro atoms.